The molecule has 0 heterocycles. The van der Waals surface area contributed by atoms with Crippen LogP contribution in [0, 0.1) is 0 Å². The Hall–Kier alpha value is -0.630. The van der Waals surface area contributed by atoms with Crippen molar-refractivity contribution in [2.45, 2.75) is 13.0 Å². The van der Waals surface area contributed by atoms with E-state index in [1.807, 2.05) is 19.1 Å². The minimum absolute atomic E-state index is 0.132. The quantitative estimate of drug-likeness (QED) is 0.522. The summed E-state index contributed by atoms with van der Waals surface area (Å²) in [4.78, 5) is 3.74. The van der Waals surface area contributed by atoms with Crippen LogP contribution in [0.5, 0.6) is 0 Å². The molecule has 2 heteroatoms. The van der Waals surface area contributed by atoms with Gasteiger partial charge in [0.2, 0.25) is 0 Å². The lowest BCUT2D eigenvalue weighted by atomic mass is 10.3. The molecular formula is C6H12N2. The van der Waals surface area contributed by atoms with Gasteiger partial charge in [-0.05, 0) is 13.0 Å². The molecule has 0 fully saturated rings. The normalized spacial score (nSPS) is 15.9. The van der Waals surface area contributed by atoms with Crippen LogP contribution < -0.4 is 5.73 Å². The number of aliphatic imine (C=N–C) groups is 1. The molecule has 0 aromatic rings. The van der Waals surface area contributed by atoms with Crippen molar-refractivity contribution in [3.63, 3.8) is 0 Å². The molecule has 1 unspecified atom stereocenters. The van der Waals surface area contributed by atoms with Crippen molar-refractivity contribution >= 4 is 6.21 Å². The smallest absolute Gasteiger partial charge is 0.0277 e. The van der Waals surface area contributed by atoms with E-state index in [-0.39, 0.29) is 6.04 Å². The number of nitrogens with zero attached hydrogens (tertiary/aromatic N) is 1. The first-order chi connectivity index (χ1) is 3.77. The molecule has 2 nitrogen and oxygen atoms in total. The van der Waals surface area contributed by atoms with Gasteiger partial charge in [-0.1, -0.05) is 6.08 Å². The van der Waals surface area contributed by atoms with E-state index in [0.29, 0.717) is 0 Å². The van der Waals surface area contributed by atoms with Crippen LogP contribution in [-0.2, 0) is 0 Å². The highest BCUT2D eigenvalue weighted by Gasteiger charge is 1.77. The molecule has 0 aromatic heterocycles. The predicted octanol–water partition coefficient (Wildman–Crippen LogP) is 0.590. The van der Waals surface area contributed by atoms with E-state index in [4.69, 9.17) is 5.73 Å². The van der Waals surface area contributed by atoms with Gasteiger partial charge in [-0.15, -0.1) is 0 Å². The Bertz CT molecular complexity index is 92.7. The van der Waals surface area contributed by atoms with E-state index in [1.54, 1.807) is 13.3 Å². The molecule has 1 atom stereocenters. The Morgan fingerprint density at radius 3 is 2.62 bits per heavy atom. The fourth-order valence-corrected chi connectivity index (χ4v) is 0.311. The maximum Gasteiger partial charge on any atom is 0.0277 e. The molecule has 0 aliphatic carbocycles. The molecule has 0 spiro atoms. The third kappa shape index (κ3) is 5.37. The summed E-state index contributed by atoms with van der Waals surface area (Å²) in [6.07, 6.45) is 5.43. The van der Waals surface area contributed by atoms with Crippen LogP contribution in [0.15, 0.2) is 17.1 Å². The summed E-state index contributed by atoms with van der Waals surface area (Å²) in [5, 5.41) is 0. The summed E-state index contributed by atoms with van der Waals surface area (Å²) >= 11 is 0. The molecule has 0 saturated heterocycles. The molecule has 0 aromatic carbocycles. The van der Waals surface area contributed by atoms with Gasteiger partial charge in [0.1, 0.15) is 0 Å². The van der Waals surface area contributed by atoms with Gasteiger partial charge >= 0.3 is 0 Å². The van der Waals surface area contributed by atoms with E-state index in [0.717, 1.165) is 0 Å². The minimum Gasteiger partial charge on any atom is -0.325 e. The highest BCUT2D eigenvalue weighted by molar-refractivity contribution is 5.70. The number of hydrogen-bond donors (Lipinski definition) is 1. The summed E-state index contributed by atoms with van der Waals surface area (Å²) in [7, 11) is 1.73. The Balaban J connectivity index is 3.34. The van der Waals surface area contributed by atoms with Crippen LogP contribution in [-0.4, -0.2) is 19.3 Å². The molecule has 0 radical (unpaired) electrons. The standard InChI is InChI=1S/C6H12N2/c1-6(7)4-3-5-8-2/h3-6H,7H2,1-2H3/b4-3-,8-5?. The van der Waals surface area contributed by atoms with E-state index < -0.39 is 0 Å². The topological polar surface area (TPSA) is 38.4 Å². The number of allylic oxidation sites excluding steroid dienone is 1. The van der Waals surface area contributed by atoms with Gasteiger partial charge in [0, 0.05) is 19.3 Å². The monoisotopic (exact) mass is 112 g/mol. The van der Waals surface area contributed by atoms with Crippen molar-refractivity contribution in [2.24, 2.45) is 10.7 Å². The minimum atomic E-state index is 0.132. The third-order valence-electron chi connectivity index (χ3n) is 0.650. The Labute approximate surface area is 50.1 Å². The lowest BCUT2D eigenvalue weighted by molar-refractivity contribution is 0.927. The first-order valence-electron chi connectivity index (χ1n) is 2.62. The van der Waals surface area contributed by atoms with Gasteiger partial charge in [-0.25, -0.2) is 0 Å². The number of hydrogen-bond acceptors (Lipinski definition) is 2. The Morgan fingerprint density at radius 2 is 2.25 bits per heavy atom. The Kier molecular flexibility index (Phi) is 4.17. The third-order valence-corrected chi connectivity index (χ3v) is 0.650. The Morgan fingerprint density at radius 1 is 1.62 bits per heavy atom. The van der Waals surface area contributed by atoms with Crippen LogP contribution in [0.3, 0.4) is 0 Å². The maximum atomic E-state index is 5.38. The van der Waals surface area contributed by atoms with Crippen LogP contribution in [0.4, 0.5) is 0 Å². The zero-order valence-corrected chi connectivity index (χ0v) is 5.33. The SMILES string of the molecule is CN=C/C=C\C(C)N. The van der Waals surface area contributed by atoms with Crippen molar-refractivity contribution in [2.75, 3.05) is 7.05 Å². The van der Waals surface area contributed by atoms with Crippen molar-refractivity contribution in [1.29, 1.82) is 0 Å². The van der Waals surface area contributed by atoms with Crippen LogP contribution in [0.25, 0.3) is 0 Å². The summed E-state index contributed by atoms with van der Waals surface area (Å²) in [6.45, 7) is 1.92. The average Bonchev–Trinajstić information content (AvgIpc) is 1.66. The molecule has 0 amide bonds. The van der Waals surface area contributed by atoms with Gasteiger partial charge in [-0.3, -0.25) is 4.99 Å². The van der Waals surface area contributed by atoms with Gasteiger partial charge in [0.05, 0.1) is 0 Å². The largest absolute Gasteiger partial charge is 0.325 e. The number of nitrogens with two attached hydrogens (primary N) is 1. The van der Waals surface area contributed by atoms with Crippen molar-refractivity contribution in [3.8, 4) is 0 Å². The van der Waals surface area contributed by atoms with Gasteiger partial charge in [0.15, 0.2) is 0 Å². The van der Waals surface area contributed by atoms with Crippen molar-refractivity contribution in [3.05, 3.63) is 12.2 Å². The van der Waals surface area contributed by atoms with Crippen LogP contribution >= 0.6 is 0 Å². The van der Waals surface area contributed by atoms with Gasteiger partial charge < -0.3 is 5.73 Å². The van der Waals surface area contributed by atoms with E-state index in [1.165, 1.54) is 0 Å². The second-order valence-corrected chi connectivity index (χ2v) is 1.65. The van der Waals surface area contributed by atoms with Crippen molar-refractivity contribution < 1.29 is 0 Å². The van der Waals surface area contributed by atoms with E-state index in [2.05, 4.69) is 4.99 Å². The van der Waals surface area contributed by atoms with E-state index >= 15 is 0 Å². The second kappa shape index (κ2) is 4.53. The summed E-state index contributed by atoms with van der Waals surface area (Å²) in [6, 6.07) is 0.132. The molecular weight excluding hydrogens is 100 g/mol. The lowest BCUT2D eigenvalue weighted by Gasteiger charge is -1.89. The second-order valence-electron chi connectivity index (χ2n) is 1.65. The summed E-state index contributed by atoms with van der Waals surface area (Å²) in [5.41, 5.74) is 5.38. The van der Waals surface area contributed by atoms with Gasteiger partial charge in [0.25, 0.3) is 0 Å². The summed E-state index contributed by atoms with van der Waals surface area (Å²) in [5.74, 6) is 0. The zero-order chi connectivity index (χ0) is 6.41. The van der Waals surface area contributed by atoms with Gasteiger partial charge in [-0.2, -0.15) is 0 Å². The predicted molar refractivity (Wildman–Crippen MR) is 37.2 cm³/mol. The van der Waals surface area contributed by atoms with Crippen LogP contribution in [0.1, 0.15) is 6.92 Å². The molecule has 0 aliphatic heterocycles. The van der Waals surface area contributed by atoms with E-state index in [9.17, 15) is 0 Å². The fraction of sp³-hybridized carbons (Fsp3) is 0.500. The lowest BCUT2D eigenvalue weighted by Crippen LogP contribution is -2.10. The highest BCUT2D eigenvalue weighted by atomic mass is 14.6. The zero-order valence-electron chi connectivity index (χ0n) is 5.33. The molecule has 0 bridgehead atoms. The first kappa shape index (κ1) is 7.37. The average molecular weight is 112 g/mol. The molecule has 8 heavy (non-hydrogen) atoms. The number of rotatable bonds is 2. The fourth-order valence-electron chi connectivity index (χ4n) is 0.311. The highest BCUT2D eigenvalue weighted by Crippen LogP contribution is 1.74. The van der Waals surface area contributed by atoms with Crippen LogP contribution in [0.2, 0.25) is 0 Å². The first-order valence-corrected chi connectivity index (χ1v) is 2.62. The molecule has 46 valence electrons. The molecule has 0 saturated carbocycles. The van der Waals surface area contributed by atoms with Crippen molar-refractivity contribution in [1.82, 2.24) is 0 Å². The molecule has 2 N–H and O–H groups in total. The summed E-state index contributed by atoms with van der Waals surface area (Å²) < 4.78 is 0. The molecule has 0 rings (SSSR count). The maximum absolute atomic E-state index is 5.38. The molecule has 0 aliphatic rings.